The summed E-state index contributed by atoms with van der Waals surface area (Å²) in [6, 6.07) is 20.4. The molecule has 0 spiro atoms. The summed E-state index contributed by atoms with van der Waals surface area (Å²) in [4.78, 5) is 27.5. The summed E-state index contributed by atoms with van der Waals surface area (Å²) in [5.74, 6) is 1.31. The average molecular weight is 449 g/mol. The molecule has 2 amide bonds. The molecule has 0 bridgehead atoms. The van der Waals surface area contributed by atoms with Crippen LogP contribution in [0, 0.1) is 6.92 Å². The fourth-order valence-electron chi connectivity index (χ4n) is 3.62. The Morgan fingerprint density at radius 1 is 1.03 bits per heavy atom. The molecule has 0 saturated carbocycles. The predicted octanol–water partition coefficient (Wildman–Crippen LogP) is 5.04. The van der Waals surface area contributed by atoms with E-state index in [-0.39, 0.29) is 17.2 Å². The van der Waals surface area contributed by atoms with Crippen LogP contribution >= 0.6 is 11.8 Å². The Bertz CT molecular complexity index is 1150. The van der Waals surface area contributed by atoms with Gasteiger partial charge in [0.2, 0.25) is 5.91 Å². The molecule has 1 N–H and O–H groups in total. The molecule has 6 nitrogen and oxygen atoms in total. The summed E-state index contributed by atoms with van der Waals surface area (Å²) in [6.07, 6.45) is 0. The van der Waals surface area contributed by atoms with Gasteiger partial charge >= 0.3 is 0 Å². The van der Waals surface area contributed by atoms with Crippen molar-refractivity contribution in [2.24, 2.45) is 0 Å². The molecule has 1 unspecified atom stereocenters. The summed E-state index contributed by atoms with van der Waals surface area (Å²) in [6.45, 7) is 1.98. The number of rotatable bonds is 6. The van der Waals surface area contributed by atoms with Gasteiger partial charge in [0, 0.05) is 22.9 Å². The number of aryl methyl sites for hydroxylation is 1. The van der Waals surface area contributed by atoms with Crippen molar-refractivity contribution in [2.75, 3.05) is 30.2 Å². The zero-order chi connectivity index (χ0) is 22.7. The average Bonchev–Trinajstić information content (AvgIpc) is 3.20. The van der Waals surface area contributed by atoms with Crippen LogP contribution in [0.4, 0.5) is 11.4 Å². The minimum absolute atomic E-state index is 0.0249. The maximum absolute atomic E-state index is 12.9. The van der Waals surface area contributed by atoms with Crippen molar-refractivity contribution in [3.05, 3.63) is 83.4 Å². The molecular formula is C25H24N2O4S. The Balaban J connectivity index is 1.68. The maximum atomic E-state index is 12.9. The van der Waals surface area contributed by atoms with Crippen molar-refractivity contribution in [1.29, 1.82) is 0 Å². The number of anilines is 2. The van der Waals surface area contributed by atoms with Crippen molar-refractivity contribution in [3.8, 4) is 11.5 Å². The molecule has 1 atom stereocenters. The molecule has 0 aliphatic carbocycles. The van der Waals surface area contributed by atoms with Gasteiger partial charge in [-0.2, -0.15) is 0 Å². The number of hydrogen-bond acceptors (Lipinski definition) is 5. The Labute approximate surface area is 191 Å². The van der Waals surface area contributed by atoms with Crippen LogP contribution in [0.3, 0.4) is 0 Å². The third-order valence-corrected chi connectivity index (χ3v) is 6.50. The molecule has 1 fully saturated rings. The number of benzene rings is 3. The van der Waals surface area contributed by atoms with Gasteiger partial charge in [-0.15, -0.1) is 11.8 Å². The van der Waals surface area contributed by atoms with Gasteiger partial charge in [0.25, 0.3) is 5.91 Å². The second-order valence-electron chi connectivity index (χ2n) is 7.37. The highest BCUT2D eigenvalue weighted by molar-refractivity contribution is 8.00. The van der Waals surface area contributed by atoms with E-state index < -0.39 is 0 Å². The van der Waals surface area contributed by atoms with E-state index in [0.717, 1.165) is 11.1 Å². The number of methoxy groups -OCH3 is 2. The van der Waals surface area contributed by atoms with Gasteiger partial charge in [-0.1, -0.05) is 35.9 Å². The van der Waals surface area contributed by atoms with Crippen molar-refractivity contribution in [2.45, 2.75) is 12.3 Å². The van der Waals surface area contributed by atoms with Crippen molar-refractivity contribution >= 4 is 35.0 Å². The van der Waals surface area contributed by atoms with E-state index in [1.807, 2.05) is 49.4 Å². The largest absolute Gasteiger partial charge is 0.497 e. The molecule has 3 aromatic rings. The first kappa shape index (κ1) is 21.8. The third kappa shape index (κ3) is 4.29. The lowest BCUT2D eigenvalue weighted by molar-refractivity contribution is -0.115. The fourth-order valence-corrected chi connectivity index (χ4v) is 4.83. The number of carbonyl (C=O) groups excluding carboxylic acids is 2. The number of carbonyl (C=O) groups is 2. The van der Waals surface area contributed by atoms with Crippen LogP contribution in [0.25, 0.3) is 0 Å². The van der Waals surface area contributed by atoms with Crippen LogP contribution in [0.5, 0.6) is 11.5 Å². The monoisotopic (exact) mass is 448 g/mol. The lowest BCUT2D eigenvalue weighted by Crippen LogP contribution is -2.29. The van der Waals surface area contributed by atoms with Crippen LogP contribution in [0.2, 0.25) is 0 Å². The van der Waals surface area contributed by atoms with Crippen LogP contribution in [-0.4, -0.2) is 31.8 Å². The summed E-state index contributed by atoms with van der Waals surface area (Å²) in [7, 11) is 3.15. The van der Waals surface area contributed by atoms with Gasteiger partial charge in [0.05, 0.1) is 25.7 Å². The van der Waals surface area contributed by atoms with Crippen LogP contribution < -0.4 is 19.7 Å². The van der Waals surface area contributed by atoms with Gasteiger partial charge < -0.3 is 14.8 Å². The molecule has 1 aliphatic rings. The molecule has 0 aromatic heterocycles. The number of nitrogens with one attached hydrogen (secondary N) is 1. The van der Waals surface area contributed by atoms with Gasteiger partial charge in [0.15, 0.2) is 0 Å². The van der Waals surface area contributed by atoms with E-state index >= 15 is 0 Å². The third-order valence-electron chi connectivity index (χ3n) is 5.30. The Morgan fingerprint density at radius 2 is 1.78 bits per heavy atom. The highest BCUT2D eigenvalue weighted by atomic mass is 32.2. The number of para-hydroxylation sites is 1. The van der Waals surface area contributed by atoms with E-state index in [1.54, 1.807) is 43.4 Å². The molecule has 0 radical (unpaired) electrons. The van der Waals surface area contributed by atoms with Crippen molar-refractivity contribution in [1.82, 2.24) is 0 Å². The van der Waals surface area contributed by atoms with Crippen LogP contribution in [0.15, 0.2) is 66.7 Å². The molecule has 1 aliphatic heterocycles. The van der Waals surface area contributed by atoms with E-state index in [2.05, 4.69) is 5.32 Å². The van der Waals surface area contributed by atoms with E-state index in [4.69, 9.17) is 9.47 Å². The highest BCUT2D eigenvalue weighted by Crippen LogP contribution is 2.47. The van der Waals surface area contributed by atoms with E-state index in [1.165, 1.54) is 11.8 Å². The standard InChI is InChI=1S/C25H24N2O4S/c1-16-8-10-17(11-9-16)24(29)26-20-7-5-4-6-19(20)25-27(23(28)15-32-25)21-13-12-18(30-2)14-22(21)31-3/h4-14,25H,15H2,1-3H3,(H,26,29). The Hall–Kier alpha value is -3.45. The fraction of sp³-hybridized carbons (Fsp3) is 0.200. The number of hydrogen-bond donors (Lipinski definition) is 1. The van der Waals surface area contributed by atoms with Gasteiger partial charge in [-0.05, 0) is 37.3 Å². The van der Waals surface area contributed by atoms with E-state index in [9.17, 15) is 9.59 Å². The predicted molar refractivity (Wildman–Crippen MR) is 128 cm³/mol. The zero-order valence-corrected chi connectivity index (χ0v) is 18.9. The number of amides is 2. The molecule has 32 heavy (non-hydrogen) atoms. The highest BCUT2D eigenvalue weighted by Gasteiger charge is 2.37. The molecule has 7 heteroatoms. The minimum atomic E-state index is -0.306. The molecule has 1 saturated heterocycles. The molecule has 164 valence electrons. The van der Waals surface area contributed by atoms with Gasteiger partial charge in [-0.25, -0.2) is 0 Å². The topological polar surface area (TPSA) is 67.9 Å². The molecule has 4 rings (SSSR count). The number of thioether (sulfide) groups is 1. The second-order valence-corrected chi connectivity index (χ2v) is 8.44. The smallest absolute Gasteiger partial charge is 0.255 e. The quantitative estimate of drug-likeness (QED) is 0.572. The number of ether oxygens (including phenoxy) is 2. The summed E-state index contributed by atoms with van der Waals surface area (Å²) in [5.41, 5.74) is 3.85. The SMILES string of the molecule is COc1ccc(N2C(=O)CSC2c2ccccc2NC(=O)c2ccc(C)cc2)c(OC)c1. The maximum Gasteiger partial charge on any atom is 0.255 e. The lowest BCUT2D eigenvalue weighted by atomic mass is 10.1. The normalized spacial score (nSPS) is 15.5. The minimum Gasteiger partial charge on any atom is -0.497 e. The Morgan fingerprint density at radius 3 is 2.50 bits per heavy atom. The first-order valence-corrected chi connectivity index (χ1v) is 11.2. The zero-order valence-electron chi connectivity index (χ0n) is 18.1. The summed E-state index contributed by atoms with van der Waals surface area (Å²) in [5, 5.41) is 2.71. The molecule has 1 heterocycles. The summed E-state index contributed by atoms with van der Waals surface area (Å²) < 4.78 is 10.8. The first-order valence-electron chi connectivity index (χ1n) is 10.1. The van der Waals surface area contributed by atoms with Crippen LogP contribution in [0.1, 0.15) is 26.9 Å². The van der Waals surface area contributed by atoms with E-state index in [0.29, 0.717) is 34.2 Å². The van der Waals surface area contributed by atoms with Gasteiger partial charge in [0.1, 0.15) is 16.9 Å². The second kappa shape index (κ2) is 9.36. The van der Waals surface area contributed by atoms with Crippen LogP contribution in [-0.2, 0) is 4.79 Å². The lowest BCUT2D eigenvalue weighted by Gasteiger charge is -2.27. The molecular weight excluding hydrogens is 424 g/mol. The molecule has 3 aromatic carbocycles. The van der Waals surface area contributed by atoms with Crippen molar-refractivity contribution in [3.63, 3.8) is 0 Å². The number of nitrogens with zero attached hydrogens (tertiary/aromatic N) is 1. The first-order chi connectivity index (χ1) is 15.5. The Kier molecular flexibility index (Phi) is 6.37. The summed E-state index contributed by atoms with van der Waals surface area (Å²) >= 11 is 1.51. The van der Waals surface area contributed by atoms with Crippen molar-refractivity contribution < 1.29 is 19.1 Å². The van der Waals surface area contributed by atoms with Gasteiger partial charge in [-0.3, -0.25) is 14.5 Å².